The van der Waals surface area contributed by atoms with Crippen LogP contribution < -0.4 is 4.72 Å². The number of likely N-dealkylation sites (tertiary alicyclic amines) is 1. The van der Waals surface area contributed by atoms with Crippen molar-refractivity contribution in [2.24, 2.45) is 0 Å². The van der Waals surface area contributed by atoms with E-state index in [9.17, 15) is 13.2 Å². The lowest BCUT2D eigenvalue weighted by atomic mass is 10.1. The van der Waals surface area contributed by atoms with Crippen molar-refractivity contribution in [3.8, 4) is 0 Å². The molecule has 5 nitrogen and oxygen atoms in total. The summed E-state index contributed by atoms with van der Waals surface area (Å²) in [5.74, 6) is -0.00769. The number of amides is 1. The van der Waals surface area contributed by atoms with Crippen LogP contribution in [-0.2, 0) is 21.2 Å². The van der Waals surface area contributed by atoms with Gasteiger partial charge in [-0.2, -0.15) is 0 Å². The summed E-state index contributed by atoms with van der Waals surface area (Å²) >= 11 is 0. The first-order chi connectivity index (χ1) is 11.5. The number of benzene rings is 2. The molecular formula is C18H20N2O3S. The van der Waals surface area contributed by atoms with Gasteiger partial charge in [0, 0.05) is 25.6 Å². The van der Waals surface area contributed by atoms with E-state index in [2.05, 4.69) is 4.72 Å². The highest BCUT2D eigenvalue weighted by atomic mass is 32.2. The molecule has 1 fully saturated rings. The minimum atomic E-state index is -3.59. The van der Waals surface area contributed by atoms with Crippen molar-refractivity contribution in [2.45, 2.75) is 23.8 Å². The summed E-state index contributed by atoms with van der Waals surface area (Å²) in [6, 6.07) is 17.8. The number of nitrogens with zero attached hydrogens (tertiary/aromatic N) is 1. The number of carbonyl (C=O) groups is 1. The van der Waals surface area contributed by atoms with E-state index in [0.29, 0.717) is 13.1 Å². The standard InChI is InChI=1S/C18H20N2O3S/c21-18-13-16(19-24(22,23)17-9-5-2-6-10-17)14-20(18)12-11-15-7-3-1-4-8-15/h1-10,16,19H,11-14H2/t16-/m1/s1. The van der Waals surface area contributed by atoms with Crippen molar-refractivity contribution >= 4 is 15.9 Å². The predicted molar refractivity (Wildman–Crippen MR) is 91.9 cm³/mol. The third kappa shape index (κ3) is 4.01. The van der Waals surface area contributed by atoms with Crippen LogP contribution in [0.3, 0.4) is 0 Å². The first kappa shape index (κ1) is 16.7. The minimum Gasteiger partial charge on any atom is -0.341 e. The van der Waals surface area contributed by atoms with Crippen LogP contribution in [-0.4, -0.2) is 38.4 Å². The fourth-order valence-corrected chi connectivity index (χ4v) is 4.11. The summed E-state index contributed by atoms with van der Waals surface area (Å²) in [5, 5.41) is 0. The third-order valence-corrected chi connectivity index (χ3v) is 5.64. The molecule has 1 aliphatic heterocycles. The van der Waals surface area contributed by atoms with Gasteiger partial charge in [-0.1, -0.05) is 48.5 Å². The molecule has 3 rings (SSSR count). The Balaban J connectivity index is 1.59. The van der Waals surface area contributed by atoms with Crippen molar-refractivity contribution in [2.75, 3.05) is 13.1 Å². The first-order valence-electron chi connectivity index (χ1n) is 7.94. The van der Waals surface area contributed by atoms with Gasteiger partial charge in [0.25, 0.3) is 0 Å². The maximum Gasteiger partial charge on any atom is 0.240 e. The molecule has 0 aromatic heterocycles. The second-order valence-electron chi connectivity index (χ2n) is 5.91. The first-order valence-corrected chi connectivity index (χ1v) is 9.42. The Labute approximate surface area is 142 Å². The molecule has 0 saturated carbocycles. The Hall–Kier alpha value is -2.18. The van der Waals surface area contributed by atoms with Gasteiger partial charge in [-0.15, -0.1) is 0 Å². The lowest BCUT2D eigenvalue weighted by Crippen LogP contribution is -2.37. The van der Waals surface area contributed by atoms with E-state index in [4.69, 9.17) is 0 Å². The highest BCUT2D eigenvalue weighted by molar-refractivity contribution is 7.89. The van der Waals surface area contributed by atoms with Crippen molar-refractivity contribution in [3.05, 3.63) is 66.2 Å². The molecule has 0 aliphatic carbocycles. The SMILES string of the molecule is O=C1C[C@@H](NS(=O)(=O)c2ccccc2)CN1CCc1ccccc1. The van der Waals surface area contributed by atoms with Crippen molar-refractivity contribution in [1.82, 2.24) is 9.62 Å². The van der Waals surface area contributed by atoms with Crippen LogP contribution in [0.15, 0.2) is 65.6 Å². The van der Waals surface area contributed by atoms with Gasteiger partial charge < -0.3 is 4.90 Å². The summed E-state index contributed by atoms with van der Waals surface area (Å²) in [7, 11) is -3.59. The summed E-state index contributed by atoms with van der Waals surface area (Å²) in [6.07, 6.45) is 0.978. The smallest absolute Gasteiger partial charge is 0.240 e. The second-order valence-corrected chi connectivity index (χ2v) is 7.62. The van der Waals surface area contributed by atoms with Crippen molar-refractivity contribution in [1.29, 1.82) is 0 Å². The third-order valence-electron chi connectivity index (χ3n) is 4.10. The lowest BCUT2D eigenvalue weighted by Gasteiger charge is -2.17. The van der Waals surface area contributed by atoms with Gasteiger partial charge in [0.2, 0.25) is 15.9 Å². The molecule has 1 N–H and O–H groups in total. The molecule has 24 heavy (non-hydrogen) atoms. The van der Waals surface area contributed by atoms with E-state index >= 15 is 0 Å². The Morgan fingerprint density at radius 3 is 2.29 bits per heavy atom. The number of hydrogen-bond donors (Lipinski definition) is 1. The quantitative estimate of drug-likeness (QED) is 0.869. The number of sulfonamides is 1. The van der Waals surface area contributed by atoms with Crippen LogP contribution in [0, 0.1) is 0 Å². The average molecular weight is 344 g/mol. The van der Waals surface area contributed by atoms with Crippen LogP contribution in [0.1, 0.15) is 12.0 Å². The van der Waals surface area contributed by atoms with E-state index < -0.39 is 10.0 Å². The number of nitrogens with one attached hydrogen (secondary N) is 1. The average Bonchev–Trinajstić information content (AvgIpc) is 2.93. The van der Waals surface area contributed by atoms with Crippen LogP contribution in [0.2, 0.25) is 0 Å². The fourth-order valence-electron chi connectivity index (χ4n) is 2.86. The summed E-state index contributed by atoms with van der Waals surface area (Å²) in [5.41, 5.74) is 1.17. The molecule has 126 valence electrons. The topological polar surface area (TPSA) is 66.5 Å². The zero-order chi connectivity index (χ0) is 17.0. The van der Waals surface area contributed by atoms with Crippen molar-refractivity contribution < 1.29 is 13.2 Å². The van der Waals surface area contributed by atoms with Gasteiger partial charge in [-0.05, 0) is 24.1 Å². The highest BCUT2D eigenvalue weighted by Gasteiger charge is 2.32. The lowest BCUT2D eigenvalue weighted by molar-refractivity contribution is -0.127. The Morgan fingerprint density at radius 1 is 1.00 bits per heavy atom. The van der Waals surface area contributed by atoms with Crippen LogP contribution in [0.5, 0.6) is 0 Å². The van der Waals surface area contributed by atoms with Gasteiger partial charge in [-0.25, -0.2) is 13.1 Å². The molecule has 1 aliphatic rings. The maximum absolute atomic E-state index is 12.3. The van der Waals surface area contributed by atoms with Crippen LogP contribution in [0.4, 0.5) is 0 Å². The predicted octanol–water partition coefficient (Wildman–Crippen LogP) is 1.81. The fraction of sp³-hybridized carbons (Fsp3) is 0.278. The van der Waals surface area contributed by atoms with Gasteiger partial charge in [0.05, 0.1) is 4.90 Å². The van der Waals surface area contributed by atoms with E-state index in [1.54, 1.807) is 35.2 Å². The van der Waals surface area contributed by atoms with Crippen LogP contribution >= 0.6 is 0 Å². The molecule has 1 atom stereocenters. The number of carbonyl (C=O) groups excluding carboxylic acids is 1. The van der Waals surface area contributed by atoms with Gasteiger partial charge in [0.15, 0.2) is 0 Å². The normalized spacial score (nSPS) is 18.1. The highest BCUT2D eigenvalue weighted by Crippen LogP contribution is 2.16. The number of rotatable bonds is 6. The monoisotopic (exact) mass is 344 g/mol. The van der Waals surface area contributed by atoms with Gasteiger partial charge in [0.1, 0.15) is 0 Å². The molecule has 6 heteroatoms. The zero-order valence-electron chi connectivity index (χ0n) is 13.3. The molecule has 0 spiro atoms. The molecule has 2 aromatic rings. The Kier molecular flexibility index (Phi) is 4.97. The molecule has 1 saturated heterocycles. The minimum absolute atomic E-state index is 0.00769. The number of hydrogen-bond acceptors (Lipinski definition) is 3. The molecule has 2 aromatic carbocycles. The largest absolute Gasteiger partial charge is 0.341 e. The van der Waals surface area contributed by atoms with E-state index in [0.717, 1.165) is 6.42 Å². The molecule has 0 bridgehead atoms. The van der Waals surface area contributed by atoms with Gasteiger partial charge >= 0.3 is 0 Å². The van der Waals surface area contributed by atoms with E-state index in [1.807, 2.05) is 30.3 Å². The zero-order valence-corrected chi connectivity index (χ0v) is 14.1. The summed E-state index contributed by atoms with van der Waals surface area (Å²) < 4.78 is 27.3. The van der Waals surface area contributed by atoms with E-state index in [-0.39, 0.29) is 23.3 Å². The molecular weight excluding hydrogens is 324 g/mol. The molecule has 0 radical (unpaired) electrons. The molecule has 0 unspecified atom stereocenters. The van der Waals surface area contributed by atoms with E-state index in [1.165, 1.54) is 5.56 Å². The summed E-state index contributed by atoms with van der Waals surface area (Å²) in [4.78, 5) is 14.1. The molecule has 1 heterocycles. The maximum atomic E-state index is 12.3. The molecule has 1 amide bonds. The Bertz CT molecular complexity index is 792. The van der Waals surface area contributed by atoms with Crippen molar-refractivity contribution in [3.63, 3.8) is 0 Å². The van der Waals surface area contributed by atoms with Gasteiger partial charge in [-0.3, -0.25) is 4.79 Å². The Morgan fingerprint density at radius 2 is 1.62 bits per heavy atom. The second kappa shape index (κ2) is 7.15. The van der Waals surface area contributed by atoms with Crippen LogP contribution in [0.25, 0.3) is 0 Å². The summed E-state index contributed by atoms with van der Waals surface area (Å²) in [6.45, 7) is 1.02.